The molecule has 0 saturated carbocycles. The third-order valence-corrected chi connectivity index (χ3v) is 3.59. The van der Waals surface area contributed by atoms with E-state index in [0.717, 1.165) is 5.56 Å². The van der Waals surface area contributed by atoms with Crippen LogP contribution in [-0.4, -0.2) is 42.0 Å². The van der Waals surface area contributed by atoms with Crippen LogP contribution in [0.25, 0.3) is 6.08 Å². The van der Waals surface area contributed by atoms with E-state index in [1.807, 2.05) is 13.0 Å². The van der Waals surface area contributed by atoms with Crippen molar-refractivity contribution >= 4 is 23.8 Å². The van der Waals surface area contributed by atoms with Gasteiger partial charge in [-0.3, -0.25) is 9.48 Å². The highest BCUT2D eigenvalue weighted by atomic mass is 16.5. The van der Waals surface area contributed by atoms with Crippen molar-refractivity contribution in [2.45, 2.75) is 13.8 Å². The minimum atomic E-state index is -0.541. The monoisotopic (exact) mass is 373 g/mol. The maximum atomic E-state index is 12.2. The van der Waals surface area contributed by atoms with Crippen LogP contribution in [0.15, 0.2) is 30.5 Å². The molecule has 1 aromatic heterocycles. The molecule has 1 heterocycles. The second kappa shape index (κ2) is 9.42. The Morgan fingerprint density at radius 2 is 2.00 bits per heavy atom. The van der Waals surface area contributed by atoms with E-state index in [2.05, 4.69) is 10.4 Å². The average molecular weight is 373 g/mol. The number of hydrogen-bond acceptors (Lipinski definition) is 6. The van der Waals surface area contributed by atoms with Gasteiger partial charge in [0.1, 0.15) is 11.4 Å². The number of nitrogens with zero attached hydrogens (tertiary/aromatic N) is 2. The van der Waals surface area contributed by atoms with Gasteiger partial charge >= 0.3 is 5.97 Å². The van der Waals surface area contributed by atoms with Crippen LogP contribution in [0, 0.1) is 0 Å². The number of ether oxygens (including phenoxy) is 3. The molecule has 2 rings (SSSR count). The minimum Gasteiger partial charge on any atom is -0.493 e. The Labute approximate surface area is 157 Å². The fourth-order valence-electron chi connectivity index (χ4n) is 2.34. The van der Waals surface area contributed by atoms with E-state index < -0.39 is 11.9 Å². The molecular formula is C19H23N3O5. The molecule has 8 heteroatoms. The largest absolute Gasteiger partial charge is 0.493 e. The summed E-state index contributed by atoms with van der Waals surface area (Å²) >= 11 is 0. The van der Waals surface area contributed by atoms with E-state index in [1.54, 1.807) is 39.3 Å². The smallest absolute Gasteiger partial charge is 0.343 e. The Kier molecular flexibility index (Phi) is 6.99. The number of methoxy groups -OCH3 is 1. The first-order valence-corrected chi connectivity index (χ1v) is 8.49. The number of aryl methyl sites for hydroxylation is 1. The molecule has 1 amide bonds. The Morgan fingerprint density at radius 1 is 1.22 bits per heavy atom. The summed E-state index contributed by atoms with van der Waals surface area (Å²) in [6, 6.07) is 5.36. The molecule has 0 bridgehead atoms. The van der Waals surface area contributed by atoms with Crippen molar-refractivity contribution in [2.75, 3.05) is 25.6 Å². The molecule has 0 atom stereocenters. The van der Waals surface area contributed by atoms with Crippen LogP contribution < -0.4 is 14.8 Å². The zero-order chi connectivity index (χ0) is 19.8. The van der Waals surface area contributed by atoms with Crippen LogP contribution in [0.5, 0.6) is 11.5 Å². The second-order valence-corrected chi connectivity index (χ2v) is 5.42. The number of esters is 1. The summed E-state index contributed by atoms with van der Waals surface area (Å²) in [6.45, 7) is 4.36. The van der Waals surface area contributed by atoms with Gasteiger partial charge in [0.15, 0.2) is 11.5 Å². The van der Waals surface area contributed by atoms with Crippen molar-refractivity contribution in [3.8, 4) is 11.5 Å². The van der Waals surface area contributed by atoms with Crippen LogP contribution in [-0.2, 0) is 16.6 Å². The molecule has 0 unspecified atom stereocenters. The lowest BCUT2D eigenvalue weighted by Crippen LogP contribution is -2.15. The van der Waals surface area contributed by atoms with Gasteiger partial charge < -0.3 is 19.5 Å². The molecule has 0 aliphatic carbocycles. The highest BCUT2D eigenvalue weighted by Crippen LogP contribution is 2.28. The second-order valence-electron chi connectivity index (χ2n) is 5.42. The third kappa shape index (κ3) is 5.10. The first-order valence-electron chi connectivity index (χ1n) is 8.49. The lowest BCUT2D eigenvalue weighted by atomic mass is 10.2. The molecule has 8 nitrogen and oxygen atoms in total. The number of hydrogen-bond donors (Lipinski definition) is 1. The van der Waals surface area contributed by atoms with E-state index in [1.165, 1.54) is 17.0 Å². The van der Waals surface area contributed by atoms with Gasteiger partial charge in [0.2, 0.25) is 5.91 Å². The summed E-state index contributed by atoms with van der Waals surface area (Å²) in [5.74, 6) is 0.539. The number of carbonyl (C=O) groups excluding carboxylic acids is 2. The molecule has 1 aromatic carbocycles. The Morgan fingerprint density at radius 3 is 2.67 bits per heavy atom. The molecule has 27 heavy (non-hydrogen) atoms. The average Bonchev–Trinajstić information content (AvgIpc) is 3.02. The van der Waals surface area contributed by atoms with E-state index in [0.29, 0.717) is 18.1 Å². The lowest BCUT2D eigenvalue weighted by molar-refractivity contribution is -0.111. The van der Waals surface area contributed by atoms with Crippen molar-refractivity contribution in [1.29, 1.82) is 0 Å². The van der Waals surface area contributed by atoms with Crippen LogP contribution in [0.2, 0.25) is 0 Å². The third-order valence-electron chi connectivity index (χ3n) is 3.59. The molecule has 0 spiro atoms. The number of aromatic nitrogens is 2. The molecule has 0 aliphatic heterocycles. The molecular weight excluding hydrogens is 350 g/mol. The first-order chi connectivity index (χ1) is 13.0. The van der Waals surface area contributed by atoms with E-state index >= 15 is 0 Å². The van der Waals surface area contributed by atoms with Crippen molar-refractivity contribution in [1.82, 2.24) is 9.78 Å². The summed E-state index contributed by atoms with van der Waals surface area (Å²) < 4.78 is 17.1. The molecule has 0 fully saturated rings. The maximum absolute atomic E-state index is 12.2. The van der Waals surface area contributed by atoms with Crippen LogP contribution in [0.1, 0.15) is 29.8 Å². The Bertz CT molecular complexity index is 842. The quantitative estimate of drug-likeness (QED) is 0.565. The van der Waals surface area contributed by atoms with Crippen molar-refractivity contribution < 1.29 is 23.8 Å². The van der Waals surface area contributed by atoms with E-state index in [4.69, 9.17) is 14.2 Å². The van der Waals surface area contributed by atoms with Gasteiger partial charge in [-0.2, -0.15) is 5.10 Å². The van der Waals surface area contributed by atoms with Gasteiger partial charge in [-0.25, -0.2) is 4.79 Å². The zero-order valence-corrected chi connectivity index (χ0v) is 15.8. The number of amides is 1. The van der Waals surface area contributed by atoms with Crippen LogP contribution in [0.4, 0.5) is 5.82 Å². The van der Waals surface area contributed by atoms with Gasteiger partial charge in [-0.15, -0.1) is 0 Å². The van der Waals surface area contributed by atoms with Gasteiger partial charge in [0.05, 0.1) is 26.5 Å². The van der Waals surface area contributed by atoms with Crippen molar-refractivity contribution in [3.05, 3.63) is 41.6 Å². The number of carbonyl (C=O) groups is 2. The van der Waals surface area contributed by atoms with Gasteiger partial charge in [0, 0.05) is 13.1 Å². The molecule has 0 saturated heterocycles. The zero-order valence-electron chi connectivity index (χ0n) is 15.8. The maximum Gasteiger partial charge on any atom is 0.343 e. The highest BCUT2D eigenvalue weighted by molar-refractivity contribution is 6.05. The van der Waals surface area contributed by atoms with E-state index in [9.17, 15) is 9.59 Å². The lowest BCUT2D eigenvalue weighted by Gasteiger charge is -2.09. The molecule has 2 aromatic rings. The predicted molar refractivity (Wildman–Crippen MR) is 101 cm³/mol. The van der Waals surface area contributed by atoms with Crippen molar-refractivity contribution in [2.24, 2.45) is 7.05 Å². The summed E-state index contributed by atoms with van der Waals surface area (Å²) in [7, 11) is 3.18. The number of benzene rings is 1. The van der Waals surface area contributed by atoms with Gasteiger partial charge in [0.25, 0.3) is 0 Å². The number of rotatable bonds is 8. The summed E-state index contributed by atoms with van der Waals surface area (Å²) in [5, 5.41) is 6.63. The van der Waals surface area contributed by atoms with E-state index in [-0.39, 0.29) is 18.0 Å². The first kappa shape index (κ1) is 20.0. The predicted octanol–water partition coefficient (Wildman–Crippen LogP) is 2.66. The van der Waals surface area contributed by atoms with Crippen molar-refractivity contribution in [3.63, 3.8) is 0 Å². The fourth-order valence-corrected chi connectivity index (χ4v) is 2.34. The normalized spacial score (nSPS) is 10.7. The van der Waals surface area contributed by atoms with Gasteiger partial charge in [-0.1, -0.05) is 6.07 Å². The number of anilines is 1. The number of nitrogens with one attached hydrogen (secondary N) is 1. The fraction of sp³-hybridized carbons (Fsp3) is 0.316. The standard InChI is InChI=1S/C19H23N3O5/c1-5-26-15-9-7-13(11-16(15)25-4)8-10-17(23)21-18-14(12-20-22(18)3)19(24)27-6-2/h7-12H,5-6H2,1-4H3,(H,21,23)/b10-8+. The molecule has 144 valence electrons. The molecule has 0 aliphatic rings. The highest BCUT2D eigenvalue weighted by Gasteiger charge is 2.18. The topological polar surface area (TPSA) is 91.7 Å². The Balaban J connectivity index is 2.12. The van der Waals surface area contributed by atoms with Crippen LogP contribution >= 0.6 is 0 Å². The summed E-state index contributed by atoms with van der Waals surface area (Å²) in [6.07, 6.45) is 4.35. The SMILES string of the molecule is CCOC(=O)c1cnn(C)c1NC(=O)/C=C/c1ccc(OCC)c(OC)c1. The minimum absolute atomic E-state index is 0.198. The Hall–Kier alpha value is -3.29. The summed E-state index contributed by atoms with van der Waals surface area (Å²) in [4.78, 5) is 24.2. The summed E-state index contributed by atoms with van der Waals surface area (Å²) in [5.41, 5.74) is 0.963. The van der Waals surface area contributed by atoms with Crippen LogP contribution in [0.3, 0.4) is 0 Å². The van der Waals surface area contributed by atoms with Gasteiger partial charge in [-0.05, 0) is 37.6 Å². The molecule has 0 radical (unpaired) electrons. The molecule has 1 N–H and O–H groups in total.